The topological polar surface area (TPSA) is 9.86 Å². The summed E-state index contributed by atoms with van der Waals surface area (Å²) in [4.78, 5) is 0. The molecule has 10 rings (SSSR count). The van der Waals surface area contributed by atoms with Crippen molar-refractivity contribution in [2.45, 2.75) is 51.4 Å². The van der Waals surface area contributed by atoms with Gasteiger partial charge >= 0.3 is 0 Å². The van der Waals surface area contributed by atoms with Crippen LogP contribution in [0.4, 0.5) is 0 Å². The summed E-state index contributed by atoms with van der Waals surface area (Å²) in [6, 6.07) is 26.7. The van der Waals surface area contributed by atoms with Crippen molar-refractivity contribution in [2.24, 2.45) is 0 Å². The average Bonchev–Trinajstić information content (AvgIpc) is 3.72. The highest BCUT2D eigenvalue weighted by molar-refractivity contribution is 6.25. The summed E-state index contributed by atoms with van der Waals surface area (Å²) in [7, 11) is 0. The molecule has 2 aromatic heterocycles. The molecule has 0 unspecified atom stereocenters. The molecule has 0 saturated carbocycles. The minimum atomic E-state index is -0.609. The zero-order valence-electron chi connectivity index (χ0n) is 37.5. The molecule has 0 aliphatic heterocycles. The molecule has 7 aromatic carbocycles. The van der Waals surface area contributed by atoms with Gasteiger partial charge in [0.15, 0.2) is 0 Å². The van der Waals surface area contributed by atoms with E-state index in [1.54, 1.807) is 0 Å². The van der Waals surface area contributed by atoms with E-state index in [4.69, 9.17) is 6.85 Å². The van der Waals surface area contributed by atoms with Gasteiger partial charge < -0.3 is 9.13 Å². The van der Waals surface area contributed by atoms with E-state index >= 15 is 0 Å². The quantitative estimate of drug-likeness (QED) is 0.180. The van der Waals surface area contributed by atoms with E-state index in [0.29, 0.717) is 11.0 Å². The van der Waals surface area contributed by atoms with Crippen LogP contribution >= 0.6 is 0 Å². The molecule has 0 amide bonds. The lowest BCUT2D eigenvalue weighted by atomic mass is 9.63. The summed E-state index contributed by atoms with van der Waals surface area (Å²) >= 11 is 0. The lowest BCUT2D eigenvalue weighted by Gasteiger charge is -2.42. The first-order valence-corrected chi connectivity index (χ1v) is 17.3. The Bertz CT molecular complexity index is 3260. The summed E-state index contributed by atoms with van der Waals surface area (Å²) in [5.41, 5.74) is 6.33. The third kappa shape index (κ3) is 4.21. The monoisotopic (exact) mass is 653 g/mol. The van der Waals surface area contributed by atoms with Crippen LogP contribution < -0.4 is 0 Å². The van der Waals surface area contributed by atoms with E-state index in [9.17, 15) is 5.48 Å². The summed E-state index contributed by atoms with van der Waals surface area (Å²) < 4.78 is 83.7. The Morgan fingerprint density at radius 1 is 0.480 bits per heavy atom. The first kappa shape index (κ1) is 21.5. The molecule has 0 fully saturated rings. The molecule has 1 aliphatic rings. The highest BCUT2D eigenvalue weighted by Gasteiger charge is 2.38. The molecule has 0 saturated heterocycles. The molecule has 0 radical (unpaired) electrons. The van der Waals surface area contributed by atoms with Crippen molar-refractivity contribution in [3.05, 3.63) is 157 Å². The molecule has 2 nitrogen and oxygen atoms in total. The molecule has 0 N–H and O–H groups in total. The van der Waals surface area contributed by atoms with Gasteiger partial charge in [0.25, 0.3) is 0 Å². The van der Waals surface area contributed by atoms with E-state index in [1.807, 2.05) is 47.0 Å². The molecule has 0 atom stereocenters. The normalized spacial score (nSPS) is 17.9. The van der Waals surface area contributed by atoms with Crippen LogP contribution in [-0.4, -0.2) is 9.13 Å². The minimum absolute atomic E-state index is 0.00656. The Morgan fingerprint density at radius 3 is 1.84 bits per heavy atom. The van der Waals surface area contributed by atoms with Crippen LogP contribution in [0.25, 0.3) is 76.9 Å². The third-order valence-corrected chi connectivity index (χ3v) is 11.1. The highest BCUT2D eigenvalue weighted by Crippen LogP contribution is 2.49. The maximum atomic E-state index is 9.53. The standard InChI is InChI=1S/C48H40N2/c1-47(2)25-26-48(3,4)41-29-43-38(28-40(41)47)37-27-39-45(30-44(37)50(43)34-16-9-6-10-17-34)49(42-24-21-33-15-11-12-18-36(33)46(39)42)35-22-19-32(20-23-35)31-13-7-5-8-14-31/h5-24,27-30H,25-26H2,1-4H3/i5D,7D,8D,13D,14D,19D,20D,22D,23D. The third-order valence-electron chi connectivity index (χ3n) is 11.1. The Hall–Kier alpha value is -5.60. The van der Waals surface area contributed by atoms with Gasteiger partial charge in [0.05, 0.1) is 34.4 Å². The van der Waals surface area contributed by atoms with Gasteiger partial charge in [0.2, 0.25) is 0 Å². The minimum Gasteiger partial charge on any atom is -0.309 e. The van der Waals surface area contributed by atoms with Crippen molar-refractivity contribution in [2.75, 3.05) is 0 Å². The van der Waals surface area contributed by atoms with Crippen molar-refractivity contribution in [3.63, 3.8) is 0 Å². The molecular formula is C48H40N2. The number of hydrogen-bond acceptors (Lipinski definition) is 0. The fraction of sp³-hybridized carbons (Fsp3) is 0.167. The largest absolute Gasteiger partial charge is 0.309 e. The molecular weight excluding hydrogens is 605 g/mol. The molecule has 0 spiro atoms. The number of para-hydroxylation sites is 1. The summed E-state index contributed by atoms with van der Waals surface area (Å²) in [5.74, 6) is 0. The molecule has 2 heteroatoms. The molecule has 242 valence electrons. The summed E-state index contributed by atoms with van der Waals surface area (Å²) in [6.45, 7) is 9.33. The van der Waals surface area contributed by atoms with Crippen molar-refractivity contribution < 1.29 is 12.3 Å². The lowest BCUT2D eigenvalue weighted by Crippen LogP contribution is -2.33. The van der Waals surface area contributed by atoms with E-state index in [0.717, 1.165) is 61.9 Å². The lowest BCUT2D eigenvalue weighted by molar-refractivity contribution is 0.332. The molecule has 50 heavy (non-hydrogen) atoms. The number of aromatic nitrogens is 2. The number of hydrogen-bond donors (Lipinski definition) is 0. The van der Waals surface area contributed by atoms with Crippen LogP contribution in [0.5, 0.6) is 0 Å². The first-order valence-electron chi connectivity index (χ1n) is 21.8. The Kier molecular flexibility index (Phi) is 4.49. The van der Waals surface area contributed by atoms with Gasteiger partial charge in [-0.1, -0.05) is 119 Å². The van der Waals surface area contributed by atoms with Gasteiger partial charge in [-0.3, -0.25) is 0 Å². The maximum Gasteiger partial charge on any atom is 0.0645 e. The van der Waals surface area contributed by atoms with Gasteiger partial charge in [0, 0.05) is 32.9 Å². The number of rotatable bonds is 3. The van der Waals surface area contributed by atoms with E-state index in [1.165, 1.54) is 11.1 Å². The van der Waals surface area contributed by atoms with Crippen LogP contribution in [0.15, 0.2) is 145 Å². The first-order chi connectivity index (χ1) is 28.0. The summed E-state index contributed by atoms with van der Waals surface area (Å²) in [5, 5.41) is 5.98. The molecule has 2 heterocycles. The van der Waals surface area contributed by atoms with E-state index in [2.05, 4.69) is 80.8 Å². The predicted molar refractivity (Wildman–Crippen MR) is 213 cm³/mol. The number of fused-ring (bicyclic) bond motifs is 9. The smallest absolute Gasteiger partial charge is 0.0645 e. The van der Waals surface area contributed by atoms with E-state index < -0.39 is 42.3 Å². The molecule has 0 bridgehead atoms. The van der Waals surface area contributed by atoms with Crippen molar-refractivity contribution in [1.29, 1.82) is 0 Å². The van der Waals surface area contributed by atoms with Crippen LogP contribution in [-0.2, 0) is 10.8 Å². The van der Waals surface area contributed by atoms with Crippen LogP contribution in [0.2, 0.25) is 0 Å². The van der Waals surface area contributed by atoms with Crippen molar-refractivity contribution in [1.82, 2.24) is 9.13 Å². The Morgan fingerprint density at radius 2 is 1.08 bits per heavy atom. The number of nitrogens with zero attached hydrogens (tertiary/aromatic N) is 2. The zero-order chi connectivity index (χ0) is 41.6. The molecule has 9 aromatic rings. The van der Waals surface area contributed by atoms with Crippen molar-refractivity contribution in [3.8, 4) is 22.5 Å². The maximum absolute atomic E-state index is 9.53. The van der Waals surface area contributed by atoms with Gasteiger partial charge in [0.1, 0.15) is 0 Å². The van der Waals surface area contributed by atoms with Crippen LogP contribution in [0.1, 0.15) is 64.0 Å². The second-order valence-electron chi connectivity index (χ2n) is 15.0. The van der Waals surface area contributed by atoms with Gasteiger partial charge in [-0.05, 0) is 111 Å². The Balaban J connectivity index is 1.38. The Labute approximate surface area is 305 Å². The van der Waals surface area contributed by atoms with E-state index in [-0.39, 0.29) is 39.7 Å². The number of benzene rings is 7. The fourth-order valence-corrected chi connectivity index (χ4v) is 8.37. The SMILES string of the molecule is [2H]c1c([2H])c([2H])c(-c2c([2H])c([2H])c(-n3c4cc5c(cc4c4c6ccccc6ccc43)c3cc4c(cc3n5-c3ccccc3)C(C)(C)CCC4(C)C)c([2H])c2[2H])c([2H])c1[2H]. The second-order valence-corrected chi connectivity index (χ2v) is 15.0. The van der Waals surface area contributed by atoms with Crippen LogP contribution in [0.3, 0.4) is 0 Å². The second kappa shape index (κ2) is 10.5. The fourth-order valence-electron chi connectivity index (χ4n) is 8.37. The zero-order valence-corrected chi connectivity index (χ0v) is 28.5. The highest BCUT2D eigenvalue weighted by atomic mass is 15.0. The van der Waals surface area contributed by atoms with Gasteiger partial charge in [-0.2, -0.15) is 0 Å². The molecule has 1 aliphatic carbocycles. The van der Waals surface area contributed by atoms with Gasteiger partial charge in [-0.15, -0.1) is 0 Å². The summed E-state index contributed by atoms with van der Waals surface area (Å²) in [6.07, 6.45) is 2.16. The van der Waals surface area contributed by atoms with Crippen molar-refractivity contribution >= 4 is 54.4 Å². The predicted octanol–water partition coefficient (Wildman–Crippen LogP) is 13.0. The average molecular weight is 654 g/mol. The van der Waals surface area contributed by atoms with Gasteiger partial charge in [-0.25, -0.2) is 0 Å². The van der Waals surface area contributed by atoms with Crippen LogP contribution in [0, 0.1) is 0 Å².